The molecule has 2 N–H and O–H groups in total. The van der Waals surface area contributed by atoms with Crippen molar-refractivity contribution in [2.24, 2.45) is 0 Å². The van der Waals surface area contributed by atoms with E-state index in [9.17, 15) is 0 Å². The third-order valence-corrected chi connectivity index (χ3v) is 4.02. The zero-order valence-electron chi connectivity index (χ0n) is 11.6. The van der Waals surface area contributed by atoms with Crippen molar-refractivity contribution >= 4 is 0 Å². The van der Waals surface area contributed by atoms with E-state index < -0.39 is 0 Å². The lowest BCUT2D eigenvalue weighted by Gasteiger charge is -2.37. The van der Waals surface area contributed by atoms with Crippen molar-refractivity contribution in [2.45, 2.75) is 76.6 Å². The van der Waals surface area contributed by atoms with Gasteiger partial charge in [0.25, 0.3) is 0 Å². The van der Waals surface area contributed by atoms with Gasteiger partial charge in [0, 0.05) is 24.7 Å². The molecule has 0 radical (unpaired) electrons. The Morgan fingerprint density at radius 2 is 2.24 bits per heavy atom. The smallest absolute Gasteiger partial charge is 0.0641 e. The van der Waals surface area contributed by atoms with E-state index in [0.29, 0.717) is 12.1 Å². The lowest BCUT2D eigenvalue weighted by atomic mass is 9.93. The molecule has 0 bridgehead atoms. The quantitative estimate of drug-likeness (QED) is 0.789. The van der Waals surface area contributed by atoms with Crippen molar-refractivity contribution in [3.63, 3.8) is 0 Å². The lowest BCUT2D eigenvalue weighted by Crippen LogP contribution is -2.47. The van der Waals surface area contributed by atoms with E-state index >= 15 is 0 Å². The molecule has 2 heterocycles. The standard InChI is InChI=1S/C14H28N2O/c1-11(9-12-5-4-7-15-12)16-13-6-8-17-14(2,3)10-13/h11-13,15-16H,4-10H2,1-3H3. The Balaban J connectivity index is 1.72. The van der Waals surface area contributed by atoms with E-state index in [4.69, 9.17) is 4.74 Å². The Hall–Kier alpha value is -0.120. The summed E-state index contributed by atoms with van der Waals surface area (Å²) in [5.74, 6) is 0. The van der Waals surface area contributed by atoms with E-state index in [1.807, 2.05) is 0 Å². The van der Waals surface area contributed by atoms with Gasteiger partial charge in [0.2, 0.25) is 0 Å². The first-order chi connectivity index (χ1) is 8.05. The molecule has 100 valence electrons. The van der Waals surface area contributed by atoms with Crippen LogP contribution in [0.25, 0.3) is 0 Å². The van der Waals surface area contributed by atoms with Gasteiger partial charge in [-0.3, -0.25) is 0 Å². The van der Waals surface area contributed by atoms with E-state index in [0.717, 1.165) is 25.5 Å². The molecule has 2 rings (SSSR count). The highest BCUT2D eigenvalue weighted by Gasteiger charge is 2.29. The lowest BCUT2D eigenvalue weighted by molar-refractivity contribution is -0.0640. The molecule has 0 aromatic carbocycles. The largest absolute Gasteiger partial charge is 0.375 e. The minimum Gasteiger partial charge on any atom is -0.375 e. The fourth-order valence-corrected chi connectivity index (χ4v) is 3.23. The molecule has 0 aromatic rings. The Morgan fingerprint density at radius 1 is 1.41 bits per heavy atom. The summed E-state index contributed by atoms with van der Waals surface area (Å²) in [4.78, 5) is 0. The number of nitrogens with one attached hydrogen (secondary N) is 2. The third kappa shape index (κ3) is 4.23. The maximum Gasteiger partial charge on any atom is 0.0641 e. The first-order valence-corrected chi connectivity index (χ1v) is 7.18. The van der Waals surface area contributed by atoms with Crippen LogP contribution in [-0.2, 0) is 4.74 Å². The van der Waals surface area contributed by atoms with Gasteiger partial charge in [-0.2, -0.15) is 0 Å². The van der Waals surface area contributed by atoms with Gasteiger partial charge in [0.05, 0.1) is 5.60 Å². The van der Waals surface area contributed by atoms with Crippen LogP contribution < -0.4 is 10.6 Å². The maximum atomic E-state index is 5.76. The summed E-state index contributed by atoms with van der Waals surface area (Å²) in [6, 6.07) is 1.99. The Labute approximate surface area is 106 Å². The van der Waals surface area contributed by atoms with Crippen LogP contribution in [0.2, 0.25) is 0 Å². The summed E-state index contributed by atoms with van der Waals surface area (Å²) < 4.78 is 5.76. The van der Waals surface area contributed by atoms with Gasteiger partial charge < -0.3 is 15.4 Å². The van der Waals surface area contributed by atoms with Gasteiger partial charge >= 0.3 is 0 Å². The van der Waals surface area contributed by atoms with Crippen LogP contribution in [0.3, 0.4) is 0 Å². The second-order valence-corrected chi connectivity index (χ2v) is 6.39. The van der Waals surface area contributed by atoms with Crippen LogP contribution in [0.1, 0.15) is 52.9 Å². The Morgan fingerprint density at radius 3 is 2.88 bits per heavy atom. The summed E-state index contributed by atoms with van der Waals surface area (Å²) in [6.45, 7) is 8.83. The van der Waals surface area contributed by atoms with Crippen LogP contribution in [0.4, 0.5) is 0 Å². The highest BCUT2D eigenvalue weighted by atomic mass is 16.5. The Kier molecular flexibility index (Phi) is 4.45. The van der Waals surface area contributed by atoms with Crippen molar-refractivity contribution in [3.05, 3.63) is 0 Å². The average molecular weight is 240 g/mol. The fraction of sp³-hybridized carbons (Fsp3) is 1.00. The first kappa shape index (κ1) is 13.3. The van der Waals surface area contributed by atoms with Crippen molar-refractivity contribution in [1.29, 1.82) is 0 Å². The highest BCUT2D eigenvalue weighted by Crippen LogP contribution is 2.24. The van der Waals surface area contributed by atoms with Crippen molar-refractivity contribution in [2.75, 3.05) is 13.2 Å². The summed E-state index contributed by atoms with van der Waals surface area (Å²) >= 11 is 0. The molecule has 3 atom stereocenters. The second kappa shape index (κ2) is 5.68. The molecule has 2 aliphatic rings. The van der Waals surface area contributed by atoms with Crippen molar-refractivity contribution < 1.29 is 4.74 Å². The van der Waals surface area contributed by atoms with Gasteiger partial charge in [0.15, 0.2) is 0 Å². The van der Waals surface area contributed by atoms with Gasteiger partial charge in [-0.05, 0) is 59.4 Å². The molecule has 0 aliphatic carbocycles. The van der Waals surface area contributed by atoms with Crippen LogP contribution in [0, 0.1) is 0 Å². The molecule has 2 fully saturated rings. The molecule has 3 heteroatoms. The van der Waals surface area contributed by atoms with Crippen LogP contribution in [-0.4, -0.2) is 36.9 Å². The van der Waals surface area contributed by atoms with E-state index in [-0.39, 0.29) is 5.60 Å². The van der Waals surface area contributed by atoms with Gasteiger partial charge in [-0.25, -0.2) is 0 Å². The van der Waals surface area contributed by atoms with Crippen LogP contribution in [0.5, 0.6) is 0 Å². The molecule has 3 unspecified atom stereocenters. The van der Waals surface area contributed by atoms with Crippen LogP contribution in [0.15, 0.2) is 0 Å². The minimum atomic E-state index is 0.0568. The average Bonchev–Trinajstić information content (AvgIpc) is 2.68. The van der Waals surface area contributed by atoms with Gasteiger partial charge in [0.1, 0.15) is 0 Å². The summed E-state index contributed by atoms with van der Waals surface area (Å²) in [5.41, 5.74) is 0.0568. The molecular weight excluding hydrogens is 212 g/mol. The molecule has 0 amide bonds. The monoisotopic (exact) mass is 240 g/mol. The SMILES string of the molecule is CC(CC1CCCN1)NC1CCOC(C)(C)C1. The molecular formula is C14H28N2O. The maximum absolute atomic E-state index is 5.76. The molecule has 17 heavy (non-hydrogen) atoms. The van der Waals surface area contributed by atoms with Gasteiger partial charge in [-0.15, -0.1) is 0 Å². The zero-order valence-corrected chi connectivity index (χ0v) is 11.6. The van der Waals surface area contributed by atoms with E-state index in [1.165, 1.54) is 25.8 Å². The van der Waals surface area contributed by atoms with E-state index in [2.05, 4.69) is 31.4 Å². The Bertz CT molecular complexity index is 236. The summed E-state index contributed by atoms with van der Waals surface area (Å²) in [5, 5.41) is 7.36. The third-order valence-electron chi connectivity index (χ3n) is 4.02. The molecule has 3 nitrogen and oxygen atoms in total. The van der Waals surface area contributed by atoms with E-state index in [1.54, 1.807) is 0 Å². The predicted octanol–water partition coefficient (Wildman–Crippen LogP) is 2.06. The fourth-order valence-electron chi connectivity index (χ4n) is 3.23. The minimum absolute atomic E-state index is 0.0568. The predicted molar refractivity (Wildman–Crippen MR) is 71.3 cm³/mol. The number of rotatable bonds is 4. The number of hydrogen-bond acceptors (Lipinski definition) is 3. The molecule has 0 spiro atoms. The topological polar surface area (TPSA) is 33.3 Å². The summed E-state index contributed by atoms with van der Waals surface area (Å²) in [7, 11) is 0. The first-order valence-electron chi connectivity index (χ1n) is 7.18. The van der Waals surface area contributed by atoms with Crippen molar-refractivity contribution in [1.82, 2.24) is 10.6 Å². The van der Waals surface area contributed by atoms with Crippen LogP contribution >= 0.6 is 0 Å². The number of ether oxygens (including phenoxy) is 1. The molecule has 2 saturated heterocycles. The molecule has 0 saturated carbocycles. The van der Waals surface area contributed by atoms with Crippen molar-refractivity contribution in [3.8, 4) is 0 Å². The zero-order chi connectivity index (χ0) is 12.3. The number of hydrogen-bond donors (Lipinski definition) is 2. The summed E-state index contributed by atoms with van der Waals surface area (Å²) in [6.07, 6.45) is 6.26. The normalized spacial score (nSPS) is 34.8. The van der Waals surface area contributed by atoms with Gasteiger partial charge in [-0.1, -0.05) is 0 Å². The molecule has 0 aromatic heterocycles. The second-order valence-electron chi connectivity index (χ2n) is 6.39. The molecule has 2 aliphatic heterocycles. The highest BCUT2D eigenvalue weighted by molar-refractivity contribution is 4.86.